The van der Waals surface area contributed by atoms with Crippen LogP contribution in [0.2, 0.25) is 0 Å². The predicted molar refractivity (Wildman–Crippen MR) is 135 cm³/mol. The SMILES string of the molecule is CCOC(=O)C1CCC(n2cc(-c3ccc4nc(C)c(Cc5ccccc5OC(F)F)n4c3)cn2)CC1. The van der Waals surface area contributed by atoms with Crippen LogP contribution in [0.4, 0.5) is 8.78 Å². The zero-order chi connectivity index (χ0) is 25.9. The van der Waals surface area contributed by atoms with Crippen molar-refractivity contribution >= 4 is 11.6 Å². The zero-order valence-corrected chi connectivity index (χ0v) is 20.9. The van der Waals surface area contributed by atoms with Crippen LogP contribution in [0.3, 0.4) is 0 Å². The summed E-state index contributed by atoms with van der Waals surface area (Å²) in [6, 6.07) is 11.1. The van der Waals surface area contributed by atoms with Crippen LogP contribution in [0.25, 0.3) is 16.8 Å². The van der Waals surface area contributed by atoms with Gasteiger partial charge in [-0.3, -0.25) is 9.48 Å². The molecule has 0 saturated heterocycles. The first kappa shape index (κ1) is 24.9. The van der Waals surface area contributed by atoms with Gasteiger partial charge in [0.25, 0.3) is 0 Å². The molecule has 3 aromatic heterocycles. The van der Waals surface area contributed by atoms with Crippen LogP contribution < -0.4 is 4.74 Å². The van der Waals surface area contributed by atoms with E-state index >= 15 is 0 Å². The third-order valence-corrected chi connectivity index (χ3v) is 7.09. The maximum atomic E-state index is 12.9. The fourth-order valence-electron chi connectivity index (χ4n) is 5.16. The molecule has 0 spiro atoms. The third kappa shape index (κ3) is 5.35. The second-order valence-corrected chi connectivity index (χ2v) is 9.42. The van der Waals surface area contributed by atoms with Gasteiger partial charge in [0.1, 0.15) is 11.4 Å². The molecule has 1 aromatic carbocycles. The van der Waals surface area contributed by atoms with Crippen molar-refractivity contribution in [3.8, 4) is 16.9 Å². The first-order valence-electron chi connectivity index (χ1n) is 12.6. The lowest BCUT2D eigenvalue weighted by Gasteiger charge is -2.27. The van der Waals surface area contributed by atoms with Crippen molar-refractivity contribution in [3.05, 3.63) is 71.9 Å². The van der Waals surface area contributed by atoms with E-state index in [0.717, 1.165) is 53.8 Å². The number of aromatic nitrogens is 4. The molecule has 0 bridgehead atoms. The minimum atomic E-state index is -2.88. The zero-order valence-electron chi connectivity index (χ0n) is 20.9. The molecule has 1 saturated carbocycles. The number of ether oxygens (including phenoxy) is 2. The molecule has 3 heterocycles. The van der Waals surface area contributed by atoms with Crippen LogP contribution in [-0.2, 0) is 16.0 Å². The number of esters is 1. The van der Waals surface area contributed by atoms with Crippen LogP contribution in [-0.4, -0.2) is 38.4 Å². The van der Waals surface area contributed by atoms with Crippen molar-refractivity contribution in [2.75, 3.05) is 6.61 Å². The lowest BCUT2D eigenvalue weighted by molar-refractivity contribution is -0.149. The fraction of sp³-hybridized carbons (Fsp3) is 0.393. The van der Waals surface area contributed by atoms with Gasteiger partial charge < -0.3 is 13.9 Å². The molecule has 0 N–H and O–H groups in total. The summed E-state index contributed by atoms with van der Waals surface area (Å²) in [5, 5.41) is 4.63. The first-order valence-corrected chi connectivity index (χ1v) is 12.6. The van der Waals surface area contributed by atoms with Gasteiger partial charge >= 0.3 is 12.6 Å². The molecule has 0 radical (unpaired) electrons. The summed E-state index contributed by atoms with van der Waals surface area (Å²) in [4.78, 5) is 16.7. The molecule has 1 fully saturated rings. The monoisotopic (exact) mass is 508 g/mol. The highest BCUT2D eigenvalue weighted by Crippen LogP contribution is 2.34. The highest BCUT2D eigenvalue weighted by Gasteiger charge is 2.28. The van der Waals surface area contributed by atoms with E-state index in [1.807, 2.05) is 59.7 Å². The molecule has 1 aliphatic carbocycles. The van der Waals surface area contributed by atoms with E-state index in [4.69, 9.17) is 9.47 Å². The van der Waals surface area contributed by atoms with Crippen molar-refractivity contribution in [1.82, 2.24) is 19.2 Å². The maximum absolute atomic E-state index is 12.9. The maximum Gasteiger partial charge on any atom is 0.387 e. The number of carbonyl (C=O) groups is 1. The van der Waals surface area contributed by atoms with E-state index < -0.39 is 6.61 Å². The molecule has 0 amide bonds. The number of alkyl halides is 2. The summed E-state index contributed by atoms with van der Waals surface area (Å²) in [5.41, 5.74) is 5.16. The number of imidazole rings is 1. The van der Waals surface area contributed by atoms with Gasteiger partial charge in [0.05, 0.1) is 30.5 Å². The van der Waals surface area contributed by atoms with Gasteiger partial charge in [-0.25, -0.2) is 4.98 Å². The quantitative estimate of drug-likeness (QED) is 0.273. The van der Waals surface area contributed by atoms with E-state index in [0.29, 0.717) is 18.6 Å². The van der Waals surface area contributed by atoms with Crippen molar-refractivity contribution in [3.63, 3.8) is 0 Å². The number of para-hydroxylation sites is 1. The van der Waals surface area contributed by atoms with Crippen molar-refractivity contribution < 1.29 is 23.0 Å². The Morgan fingerprint density at radius 3 is 2.62 bits per heavy atom. The molecule has 194 valence electrons. The molecular weight excluding hydrogens is 478 g/mol. The summed E-state index contributed by atoms with van der Waals surface area (Å²) in [6.07, 6.45) is 9.70. The number of aryl methyl sites for hydroxylation is 1. The number of pyridine rings is 1. The summed E-state index contributed by atoms with van der Waals surface area (Å²) in [5.74, 6) is 0.0555. The summed E-state index contributed by atoms with van der Waals surface area (Å²) in [6.45, 7) is 1.29. The van der Waals surface area contributed by atoms with Crippen LogP contribution in [0.15, 0.2) is 55.0 Å². The largest absolute Gasteiger partial charge is 0.466 e. The molecule has 9 heteroatoms. The van der Waals surface area contributed by atoms with Gasteiger partial charge in [-0.1, -0.05) is 18.2 Å². The molecule has 0 aliphatic heterocycles. The average molecular weight is 509 g/mol. The van der Waals surface area contributed by atoms with E-state index in [1.165, 1.54) is 0 Å². The minimum absolute atomic E-state index is 0.0206. The van der Waals surface area contributed by atoms with Gasteiger partial charge in [-0.15, -0.1) is 0 Å². The normalized spacial score (nSPS) is 17.9. The van der Waals surface area contributed by atoms with Crippen LogP contribution in [0.5, 0.6) is 5.75 Å². The number of hydrogen-bond donors (Lipinski definition) is 0. The molecule has 5 rings (SSSR count). The minimum Gasteiger partial charge on any atom is -0.466 e. The number of fused-ring (bicyclic) bond motifs is 1. The lowest BCUT2D eigenvalue weighted by atomic mass is 9.86. The molecule has 7 nitrogen and oxygen atoms in total. The molecule has 4 aromatic rings. The summed E-state index contributed by atoms with van der Waals surface area (Å²) in [7, 11) is 0. The number of benzene rings is 1. The van der Waals surface area contributed by atoms with Crippen LogP contribution in [0.1, 0.15) is 55.6 Å². The Bertz CT molecular complexity index is 1390. The Morgan fingerprint density at radius 2 is 1.86 bits per heavy atom. The van der Waals surface area contributed by atoms with E-state index in [1.54, 1.807) is 18.2 Å². The van der Waals surface area contributed by atoms with Gasteiger partial charge in [0, 0.05) is 41.2 Å². The molecule has 0 unspecified atom stereocenters. The number of rotatable bonds is 8. The van der Waals surface area contributed by atoms with Crippen molar-refractivity contribution in [1.29, 1.82) is 0 Å². The van der Waals surface area contributed by atoms with Crippen LogP contribution >= 0.6 is 0 Å². The fourth-order valence-corrected chi connectivity index (χ4v) is 5.16. The van der Waals surface area contributed by atoms with Crippen LogP contribution in [0, 0.1) is 12.8 Å². The number of nitrogens with zero attached hydrogens (tertiary/aromatic N) is 4. The Labute approximate surface area is 214 Å². The first-order chi connectivity index (χ1) is 17.9. The predicted octanol–water partition coefficient (Wildman–Crippen LogP) is 5.99. The summed E-state index contributed by atoms with van der Waals surface area (Å²) < 4.78 is 39.7. The second-order valence-electron chi connectivity index (χ2n) is 9.42. The summed E-state index contributed by atoms with van der Waals surface area (Å²) >= 11 is 0. The van der Waals surface area contributed by atoms with E-state index in [2.05, 4.69) is 10.1 Å². The topological polar surface area (TPSA) is 70.7 Å². The van der Waals surface area contributed by atoms with Gasteiger partial charge in [0.2, 0.25) is 0 Å². The highest BCUT2D eigenvalue weighted by molar-refractivity contribution is 5.72. The Balaban J connectivity index is 1.37. The highest BCUT2D eigenvalue weighted by atomic mass is 19.3. The van der Waals surface area contributed by atoms with Crippen molar-refractivity contribution in [2.45, 2.75) is 58.6 Å². The average Bonchev–Trinajstić information content (AvgIpc) is 3.50. The Kier molecular flexibility index (Phi) is 7.21. The molecule has 37 heavy (non-hydrogen) atoms. The smallest absolute Gasteiger partial charge is 0.387 e. The lowest BCUT2D eigenvalue weighted by Crippen LogP contribution is -2.25. The third-order valence-electron chi connectivity index (χ3n) is 7.09. The van der Waals surface area contributed by atoms with E-state index in [-0.39, 0.29) is 23.7 Å². The standard InChI is InChI=1S/C28H30F2N4O3/c1-3-36-27(35)19-8-11-23(12-9-19)34-17-22(15-31-34)21-10-13-26-32-18(2)24(33(26)16-21)14-20-6-4-5-7-25(20)37-28(29)30/h4-7,10,13,15-17,19,23,28H,3,8-9,11-12,14H2,1-2H3. The number of hydrogen-bond acceptors (Lipinski definition) is 5. The molecular formula is C28H30F2N4O3. The Morgan fingerprint density at radius 1 is 1.08 bits per heavy atom. The molecule has 0 atom stereocenters. The second kappa shape index (κ2) is 10.7. The Hall–Kier alpha value is -3.75. The van der Waals surface area contributed by atoms with E-state index in [9.17, 15) is 13.6 Å². The van der Waals surface area contributed by atoms with Gasteiger partial charge in [-0.05, 0) is 57.7 Å². The van der Waals surface area contributed by atoms with Crippen molar-refractivity contribution in [2.24, 2.45) is 5.92 Å². The van der Waals surface area contributed by atoms with Gasteiger partial charge in [-0.2, -0.15) is 13.9 Å². The number of halogens is 2. The number of carbonyl (C=O) groups excluding carboxylic acids is 1. The van der Waals surface area contributed by atoms with Gasteiger partial charge in [0.15, 0.2) is 0 Å². The molecule has 1 aliphatic rings.